The van der Waals surface area contributed by atoms with Crippen molar-refractivity contribution in [2.45, 2.75) is 75.8 Å². The van der Waals surface area contributed by atoms with E-state index in [-0.39, 0.29) is 18.4 Å². The first-order valence-electron chi connectivity index (χ1n) is 10.8. The van der Waals surface area contributed by atoms with E-state index in [2.05, 4.69) is 10.7 Å². The summed E-state index contributed by atoms with van der Waals surface area (Å²) in [6.45, 7) is -0.295. The lowest BCUT2D eigenvalue weighted by molar-refractivity contribution is -0.154. The Morgan fingerprint density at radius 1 is 1.07 bits per heavy atom. The Morgan fingerprint density at radius 3 is 2.47 bits per heavy atom. The average Bonchev–Trinajstić information content (AvgIpc) is 3.43. The molecule has 2 aliphatic carbocycles. The summed E-state index contributed by atoms with van der Waals surface area (Å²) < 4.78 is 5.07. The molecular formula is C20H28N4O6. The van der Waals surface area contributed by atoms with Gasteiger partial charge in [0.15, 0.2) is 6.61 Å². The molecule has 0 radical (unpaired) electrons. The van der Waals surface area contributed by atoms with Crippen LogP contribution < -0.4 is 10.7 Å². The molecule has 0 aromatic rings. The van der Waals surface area contributed by atoms with Gasteiger partial charge >= 0.3 is 12.0 Å². The average molecular weight is 420 g/mol. The maximum Gasteiger partial charge on any atom is 0.344 e. The van der Waals surface area contributed by atoms with Crippen LogP contribution in [0, 0.1) is 5.92 Å². The smallest absolute Gasteiger partial charge is 0.344 e. The fraction of sp³-hybridized carbons (Fsp3) is 0.750. The third-order valence-corrected chi connectivity index (χ3v) is 6.71. The molecule has 0 aromatic heterocycles. The van der Waals surface area contributed by atoms with E-state index in [9.17, 15) is 24.0 Å². The number of carbonyl (C=O) groups is 5. The molecule has 2 N–H and O–H groups in total. The van der Waals surface area contributed by atoms with Gasteiger partial charge in [-0.2, -0.15) is 5.01 Å². The van der Waals surface area contributed by atoms with Gasteiger partial charge in [0.25, 0.3) is 11.8 Å². The summed E-state index contributed by atoms with van der Waals surface area (Å²) in [5.74, 6) is -2.49. The lowest BCUT2D eigenvalue weighted by Gasteiger charge is -2.30. The van der Waals surface area contributed by atoms with Gasteiger partial charge in [0, 0.05) is 19.0 Å². The number of hydrazine groups is 1. The van der Waals surface area contributed by atoms with Crippen LogP contribution in [0.5, 0.6) is 0 Å². The number of urea groups is 1. The van der Waals surface area contributed by atoms with Crippen molar-refractivity contribution >= 4 is 29.7 Å². The van der Waals surface area contributed by atoms with Gasteiger partial charge in [-0.1, -0.05) is 32.1 Å². The molecule has 10 nitrogen and oxygen atoms in total. The highest BCUT2D eigenvalue weighted by atomic mass is 16.5. The van der Waals surface area contributed by atoms with Gasteiger partial charge in [0.1, 0.15) is 5.54 Å². The van der Waals surface area contributed by atoms with Crippen molar-refractivity contribution in [3.8, 4) is 0 Å². The Balaban J connectivity index is 1.26. The second kappa shape index (κ2) is 8.23. The molecule has 10 heteroatoms. The second-order valence-corrected chi connectivity index (χ2v) is 8.74. The molecule has 2 aliphatic heterocycles. The zero-order valence-corrected chi connectivity index (χ0v) is 17.0. The molecule has 2 saturated carbocycles. The molecule has 4 rings (SSSR count). The van der Waals surface area contributed by atoms with E-state index >= 15 is 0 Å². The minimum atomic E-state index is -0.937. The van der Waals surface area contributed by atoms with E-state index < -0.39 is 41.9 Å². The number of nitrogens with one attached hydrogen (secondary N) is 2. The minimum absolute atomic E-state index is 0.0505. The van der Waals surface area contributed by atoms with E-state index in [0.29, 0.717) is 24.4 Å². The Hall–Kier alpha value is -2.65. The normalized spacial score (nSPS) is 26.4. The monoisotopic (exact) mass is 420 g/mol. The fourth-order valence-electron chi connectivity index (χ4n) is 5.09. The molecule has 4 aliphatic rings. The van der Waals surface area contributed by atoms with Gasteiger partial charge < -0.3 is 15.0 Å². The predicted octanol–water partition coefficient (Wildman–Crippen LogP) is 0.607. The molecular weight excluding hydrogens is 392 g/mol. The number of nitrogens with zero attached hydrogens (tertiary/aromatic N) is 2. The van der Waals surface area contributed by atoms with E-state index in [1.807, 2.05) is 0 Å². The van der Waals surface area contributed by atoms with E-state index in [1.54, 1.807) is 4.90 Å². The number of carbonyl (C=O) groups excluding carboxylic acids is 5. The molecule has 4 fully saturated rings. The van der Waals surface area contributed by atoms with Crippen molar-refractivity contribution in [1.29, 1.82) is 0 Å². The van der Waals surface area contributed by atoms with Gasteiger partial charge in [0.2, 0.25) is 5.91 Å². The highest BCUT2D eigenvalue weighted by Crippen LogP contribution is 2.33. The van der Waals surface area contributed by atoms with Crippen LogP contribution in [-0.2, 0) is 23.9 Å². The van der Waals surface area contributed by atoms with Crippen molar-refractivity contribution in [3.05, 3.63) is 0 Å². The number of likely N-dealkylation sites (tertiary alicyclic amines) is 1. The van der Waals surface area contributed by atoms with Gasteiger partial charge in [-0.3, -0.25) is 24.6 Å². The van der Waals surface area contributed by atoms with Crippen LogP contribution in [-0.4, -0.2) is 64.4 Å². The van der Waals surface area contributed by atoms with E-state index in [4.69, 9.17) is 4.74 Å². The summed E-state index contributed by atoms with van der Waals surface area (Å²) in [5, 5.41) is 3.38. The molecule has 0 bridgehead atoms. The number of amides is 5. The van der Waals surface area contributed by atoms with Crippen LogP contribution >= 0.6 is 0 Å². The molecule has 30 heavy (non-hydrogen) atoms. The maximum atomic E-state index is 12.7. The summed E-state index contributed by atoms with van der Waals surface area (Å²) in [4.78, 5) is 63.3. The Morgan fingerprint density at radius 2 is 1.77 bits per heavy atom. The fourth-order valence-corrected chi connectivity index (χ4v) is 5.09. The molecule has 1 spiro atoms. The Bertz CT molecular complexity index is 756. The van der Waals surface area contributed by atoms with Crippen LogP contribution in [0.25, 0.3) is 0 Å². The van der Waals surface area contributed by atoms with Crippen molar-refractivity contribution in [3.63, 3.8) is 0 Å². The van der Waals surface area contributed by atoms with Gasteiger partial charge in [0.05, 0.1) is 5.92 Å². The molecule has 2 heterocycles. The lowest BCUT2D eigenvalue weighted by atomic mass is 9.82. The molecule has 5 amide bonds. The zero-order chi connectivity index (χ0) is 21.3. The lowest BCUT2D eigenvalue weighted by Crippen LogP contribution is -2.51. The third kappa shape index (κ3) is 3.87. The standard InChI is InChI=1S/C20H28N4O6/c25-15(22-24-18(28)20(21-19(24)29)8-4-1-5-9-20)12-30-17(27)13-10-16(26)23(11-13)14-6-2-3-7-14/h13-14H,1-12H2,(H,21,29)(H,22,25)/t13-/m0/s1. The topological polar surface area (TPSA) is 125 Å². The van der Waals surface area contributed by atoms with Crippen molar-refractivity contribution in [2.24, 2.45) is 5.92 Å². The van der Waals surface area contributed by atoms with Crippen molar-refractivity contribution in [1.82, 2.24) is 20.7 Å². The number of hydrogen-bond donors (Lipinski definition) is 2. The molecule has 164 valence electrons. The van der Waals surface area contributed by atoms with Crippen LogP contribution in [0.3, 0.4) is 0 Å². The first-order valence-corrected chi connectivity index (χ1v) is 10.8. The molecule has 0 unspecified atom stereocenters. The maximum absolute atomic E-state index is 12.7. The number of imide groups is 1. The van der Waals surface area contributed by atoms with E-state index in [0.717, 1.165) is 44.9 Å². The van der Waals surface area contributed by atoms with Crippen LogP contribution in [0.2, 0.25) is 0 Å². The largest absolute Gasteiger partial charge is 0.455 e. The highest BCUT2D eigenvalue weighted by molar-refractivity contribution is 6.08. The quantitative estimate of drug-likeness (QED) is 0.496. The first kappa shape index (κ1) is 20.6. The second-order valence-electron chi connectivity index (χ2n) is 8.74. The Labute approximate surface area is 174 Å². The Kier molecular flexibility index (Phi) is 5.66. The van der Waals surface area contributed by atoms with Gasteiger partial charge in [-0.05, 0) is 25.7 Å². The summed E-state index contributed by atoms with van der Waals surface area (Å²) in [7, 11) is 0. The summed E-state index contributed by atoms with van der Waals surface area (Å²) in [6, 6.07) is -0.472. The zero-order valence-electron chi connectivity index (χ0n) is 17.0. The highest BCUT2D eigenvalue weighted by Gasteiger charge is 2.52. The molecule has 1 atom stereocenters. The third-order valence-electron chi connectivity index (χ3n) is 6.71. The van der Waals surface area contributed by atoms with E-state index in [1.165, 1.54) is 0 Å². The van der Waals surface area contributed by atoms with Gasteiger partial charge in [-0.25, -0.2) is 4.79 Å². The summed E-state index contributed by atoms with van der Waals surface area (Å²) >= 11 is 0. The number of esters is 1. The van der Waals surface area contributed by atoms with Crippen LogP contribution in [0.1, 0.15) is 64.2 Å². The SMILES string of the molecule is O=C(COC(=O)[C@H]1CC(=O)N(C2CCCC2)C1)NN1C(=O)NC2(CCCCC2)C1=O. The number of hydrogen-bond acceptors (Lipinski definition) is 6. The first-order chi connectivity index (χ1) is 14.4. The minimum Gasteiger partial charge on any atom is -0.455 e. The van der Waals surface area contributed by atoms with Crippen molar-refractivity contribution < 1.29 is 28.7 Å². The van der Waals surface area contributed by atoms with Gasteiger partial charge in [-0.15, -0.1) is 0 Å². The molecule has 2 saturated heterocycles. The summed E-state index contributed by atoms with van der Waals surface area (Å²) in [6.07, 6.45) is 7.97. The summed E-state index contributed by atoms with van der Waals surface area (Å²) in [5.41, 5.74) is 1.30. The van der Waals surface area contributed by atoms with Crippen LogP contribution in [0.15, 0.2) is 0 Å². The number of rotatable bonds is 5. The van der Waals surface area contributed by atoms with Crippen molar-refractivity contribution in [2.75, 3.05) is 13.2 Å². The van der Waals surface area contributed by atoms with Crippen LogP contribution in [0.4, 0.5) is 4.79 Å². The number of ether oxygens (including phenoxy) is 1. The molecule has 0 aromatic carbocycles. The predicted molar refractivity (Wildman–Crippen MR) is 102 cm³/mol.